The first-order valence-electron chi connectivity index (χ1n) is 7.62. The highest BCUT2D eigenvalue weighted by Crippen LogP contribution is 2.13. The molecule has 1 atom stereocenters. The molecule has 5 heteroatoms. The van der Waals surface area contributed by atoms with E-state index in [0.717, 1.165) is 31.0 Å². The van der Waals surface area contributed by atoms with Crippen molar-refractivity contribution < 1.29 is 4.79 Å². The highest BCUT2D eigenvalue weighted by Gasteiger charge is 2.20. The Labute approximate surface area is 131 Å². The Morgan fingerprint density at radius 3 is 2.86 bits per heavy atom. The minimum absolute atomic E-state index is 0.229. The van der Waals surface area contributed by atoms with Gasteiger partial charge in [0, 0.05) is 43.6 Å². The standard InChI is InChI=1S/C16H25N3OS/c17-7-4-9-19(12-14-5-2-1-3-6-14)16(20)11-15-13-21-10-8-18-15/h1-3,5-6,15,18H,4,7-13,17H2. The van der Waals surface area contributed by atoms with E-state index in [-0.39, 0.29) is 5.91 Å². The Morgan fingerprint density at radius 2 is 2.19 bits per heavy atom. The molecule has 1 aliphatic heterocycles. The van der Waals surface area contributed by atoms with Crippen LogP contribution < -0.4 is 11.1 Å². The number of nitrogens with one attached hydrogen (secondary N) is 1. The van der Waals surface area contributed by atoms with Crippen molar-refractivity contribution in [2.24, 2.45) is 5.73 Å². The summed E-state index contributed by atoms with van der Waals surface area (Å²) in [7, 11) is 0. The van der Waals surface area contributed by atoms with Crippen molar-refractivity contribution >= 4 is 17.7 Å². The van der Waals surface area contributed by atoms with Crippen molar-refractivity contribution in [1.29, 1.82) is 0 Å². The normalized spacial score (nSPS) is 18.4. The second kappa shape index (κ2) is 9.07. The molecule has 0 saturated carbocycles. The summed E-state index contributed by atoms with van der Waals surface area (Å²) in [6.07, 6.45) is 1.44. The summed E-state index contributed by atoms with van der Waals surface area (Å²) in [4.78, 5) is 14.5. The van der Waals surface area contributed by atoms with E-state index in [1.807, 2.05) is 34.9 Å². The number of rotatable bonds is 7. The molecule has 1 aromatic carbocycles. The fraction of sp³-hybridized carbons (Fsp3) is 0.562. The zero-order valence-electron chi connectivity index (χ0n) is 12.5. The van der Waals surface area contributed by atoms with Crippen LogP contribution >= 0.6 is 11.8 Å². The lowest BCUT2D eigenvalue weighted by atomic mass is 10.1. The minimum Gasteiger partial charge on any atom is -0.338 e. The van der Waals surface area contributed by atoms with Crippen LogP contribution in [0.3, 0.4) is 0 Å². The van der Waals surface area contributed by atoms with Crippen LogP contribution in [0.15, 0.2) is 30.3 Å². The Bertz CT molecular complexity index is 421. The average Bonchev–Trinajstić information content (AvgIpc) is 2.53. The second-order valence-electron chi connectivity index (χ2n) is 5.37. The molecular weight excluding hydrogens is 282 g/mol. The average molecular weight is 307 g/mol. The lowest BCUT2D eigenvalue weighted by Crippen LogP contribution is -2.42. The van der Waals surface area contributed by atoms with Gasteiger partial charge in [-0.3, -0.25) is 4.79 Å². The smallest absolute Gasteiger partial charge is 0.224 e. The fourth-order valence-electron chi connectivity index (χ4n) is 2.47. The van der Waals surface area contributed by atoms with Gasteiger partial charge in [-0.05, 0) is 18.5 Å². The summed E-state index contributed by atoms with van der Waals surface area (Å²) in [5.41, 5.74) is 6.78. The van der Waals surface area contributed by atoms with Crippen LogP contribution in [0, 0.1) is 0 Å². The third-order valence-electron chi connectivity index (χ3n) is 3.62. The van der Waals surface area contributed by atoms with Crippen LogP contribution in [0.1, 0.15) is 18.4 Å². The van der Waals surface area contributed by atoms with E-state index in [9.17, 15) is 4.79 Å². The van der Waals surface area contributed by atoms with Crippen molar-refractivity contribution in [3.63, 3.8) is 0 Å². The first-order valence-corrected chi connectivity index (χ1v) is 8.78. The zero-order chi connectivity index (χ0) is 14.9. The van der Waals surface area contributed by atoms with Gasteiger partial charge in [0.2, 0.25) is 5.91 Å². The van der Waals surface area contributed by atoms with Gasteiger partial charge in [0.05, 0.1) is 0 Å². The van der Waals surface area contributed by atoms with E-state index < -0.39 is 0 Å². The van der Waals surface area contributed by atoms with Crippen LogP contribution in [0.2, 0.25) is 0 Å². The Kier molecular flexibility index (Phi) is 7.06. The molecular formula is C16H25N3OS. The molecule has 0 aromatic heterocycles. The van der Waals surface area contributed by atoms with Gasteiger partial charge in [-0.15, -0.1) is 0 Å². The van der Waals surface area contributed by atoms with Gasteiger partial charge in [-0.1, -0.05) is 30.3 Å². The Morgan fingerprint density at radius 1 is 1.38 bits per heavy atom. The molecule has 0 aliphatic carbocycles. The molecule has 21 heavy (non-hydrogen) atoms. The maximum absolute atomic E-state index is 12.6. The molecule has 4 nitrogen and oxygen atoms in total. The van der Waals surface area contributed by atoms with Crippen molar-refractivity contribution in [1.82, 2.24) is 10.2 Å². The largest absolute Gasteiger partial charge is 0.338 e. The molecule has 0 spiro atoms. The number of nitrogens with two attached hydrogens (primary N) is 1. The fourth-order valence-corrected chi connectivity index (χ4v) is 3.42. The Hall–Kier alpha value is -1.04. The van der Waals surface area contributed by atoms with E-state index in [1.54, 1.807) is 0 Å². The lowest BCUT2D eigenvalue weighted by Gasteiger charge is -2.27. The molecule has 1 saturated heterocycles. The highest BCUT2D eigenvalue weighted by molar-refractivity contribution is 7.99. The summed E-state index contributed by atoms with van der Waals surface area (Å²) >= 11 is 1.93. The number of hydrogen-bond acceptors (Lipinski definition) is 4. The monoisotopic (exact) mass is 307 g/mol. The molecule has 0 radical (unpaired) electrons. The highest BCUT2D eigenvalue weighted by atomic mass is 32.2. The summed E-state index contributed by atoms with van der Waals surface area (Å²) < 4.78 is 0. The van der Waals surface area contributed by atoms with E-state index >= 15 is 0 Å². The predicted molar refractivity (Wildman–Crippen MR) is 89.3 cm³/mol. The first kappa shape index (κ1) is 16.3. The third kappa shape index (κ3) is 5.69. The van der Waals surface area contributed by atoms with Crippen molar-refractivity contribution in [3.05, 3.63) is 35.9 Å². The number of thioether (sulfide) groups is 1. The third-order valence-corrected chi connectivity index (χ3v) is 4.75. The molecule has 116 valence electrons. The van der Waals surface area contributed by atoms with Gasteiger partial charge >= 0.3 is 0 Å². The van der Waals surface area contributed by atoms with Crippen LogP contribution in [-0.2, 0) is 11.3 Å². The summed E-state index contributed by atoms with van der Waals surface area (Å²) in [6, 6.07) is 10.5. The molecule has 1 heterocycles. The van der Waals surface area contributed by atoms with E-state index in [4.69, 9.17) is 5.73 Å². The summed E-state index contributed by atoms with van der Waals surface area (Å²) in [5.74, 6) is 2.40. The van der Waals surface area contributed by atoms with Gasteiger partial charge in [0.15, 0.2) is 0 Å². The SMILES string of the molecule is NCCCN(Cc1ccccc1)C(=O)CC1CSCCN1. The van der Waals surface area contributed by atoms with Crippen LogP contribution in [0.4, 0.5) is 0 Å². The molecule has 1 aliphatic rings. The van der Waals surface area contributed by atoms with Gasteiger partial charge in [0.25, 0.3) is 0 Å². The van der Waals surface area contributed by atoms with Crippen LogP contribution in [-0.4, -0.2) is 48.0 Å². The molecule has 1 aromatic rings. The quantitative estimate of drug-likeness (QED) is 0.801. The van der Waals surface area contributed by atoms with E-state index in [0.29, 0.717) is 25.6 Å². The number of amides is 1. The van der Waals surface area contributed by atoms with Crippen molar-refractivity contribution in [2.45, 2.75) is 25.4 Å². The van der Waals surface area contributed by atoms with Gasteiger partial charge < -0.3 is 16.0 Å². The van der Waals surface area contributed by atoms with Crippen molar-refractivity contribution in [3.8, 4) is 0 Å². The molecule has 1 unspecified atom stereocenters. The number of hydrogen-bond donors (Lipinski definition) is 2. The Balaban J connectivity index is 1.92. The summed E-state index contributed by atoms with van der Waals surface area (Å²) in [5, 5.41) is 3.43. The molecule has 0 bridgehead atoms. The number of nitrogens with zero attached hydrogens (tertiary/aromatic N) is 1. The zero-order valence-corrected chi connectivity index (χ0v) is 13.3. The maximum atomic E-state index is 12.6. The topological polar surface area (TPSA) is 58.4 Å². The first-order chi connectivity index (χ1) is 10.3. The second-order valence-corrected chi connectivity index (χ2v) is 6.52. The van der Waals surface area contributed by atoms with Gasteiger partial charge in [-0.25, -0.2) is 0 Å². The molecule has 1 fully saturated rings. The number of benzene rings is 1. The van der Waals surface area contributed by atoms with Crippen LogP contribution in [0.25, 0.3) is 0 Å². The number of carbonyl (C=O) groups excluding carboxylic acids is 1. The maximum Gasteiger partial charge on any atom is 0.224 e. The minimum atomic E-state index is 0.229. The van der Waals surface area contributed by atoms with Gasteiger partial charge in [0.1, 0.15) is 0 Å². The predicted octanol–water partition coefficient (Wildman–Crippen LogP) is 1.46. The molecule has 2 rings (SSSR count). The molecule has 1 amide bonds. The molecule has 3 N–H and O–H groups in total. The number of carbonyl (C=O) groups is 1. The van der Waals surface area contributed by atoms with Crippen LogP contribution in [0.5, 0.6) is 0 Å². The lowest BCUT2D eigenvalue weighted by molar-refractivity contribution is -0.132. The van der Waals surface area contributed by atoms with E-state index in [1.165, 1.54) is 5.56 Å². The van der Waals surface area contributed by atoms with Crippen molar-refractivity contribution in [2.75, 3.05) is 31.1 Å². The summed E-state index contributed by atoms with van der Waals surface area (Å²) in [6.45, 7) is 3.05. The van der Waals surface area contributed by atoms with Gasteiger partial charge in [-0.2, -0.15) is 11.8 Å². The van der Waals surface area contributed by atoms with E-state index in [2.05, 4.69) is 17.4 Å².